The molecule has 0 heterocycles. The Morgan fingerprint density at radius 1 is 0.846 bits per heavy atom. The second-order valence-corrected chi connectivity index (χ2v) is 2.01. The third-order valence-electron chi connectivity index (χ3n) is 0.843. The summed E-state index contributed by atoms with van der Waals surface area (Å²) in [4.78, 5) is 0. The maximum absolute atomic E-state index is 11.9. The van der Waals surface area contributed by atoms with Gasteiger partial charge in [-0.25, -0.2) is 4.39 Å². The molecule has 0 unspecified atom stereocenters. The lowest BCUT2D eigenvalue weighted by atomic mass is 10.3. The zero-order valence-electron chi connectivity index (χ0n) is 5.73. The van der Waals surface area contributed by atoms with Crippen LogP contribution in [0.25, 0.3) is 0 Å². The van der Waals surface area contributed by atoms with E-state index in [1.165, 1.54) is 0 Å². The molecular weight excluding hydrogens is 212 g/mol. The fourth-order valence-electron chi connectivity index (χ4n) is 0.407. The van der Waals surface area contributed by atoms with Crippen LogP contribution in [0.15, 0.2) is 11.7 Å². The highest BCUT2D eigenvalue weighted by Gasteiger charge is 2.41. The van der Waals surface area contributed by atoms with Crippen molar-refractivity contribution in [3.05, 3.63) is 11.7 Å². The fraction of sp³-hybridized carbons (Fsp3) is 0.600. The van der Waals surface area contributed by atoms with Gasteiger partial charge in [0.1, 0.15) is 5.83 Å². The van der Waals surface area contributed by atoms with Crippen LogP contribution in [0, 0.1) is 0 Å². The molecule has 0 fully saturated rings. The maximum Gasteiger partial charge on any atom is 0.445 e. The minimum absolute atomic E-state index is 2.56. The van der Waals surface area contributed by atoms with Gasteiger partial charge >= 0.3 is 12.4 Å². The van der Waals surface area contributed by atoms with Crippen LogP contribution < -0.4 is 0 Å². The molecule has 0 radical (unpaired) electrons. The quantitative estimate of drug-likeness (QED) is 0.584. The first kappa shape index (κ1) is 12.2. The lowest BCUT2D eigenvalue weighted by Crippen LogP contribution is -2.13. The first-order valence-electron chi connectivity index (χ1n) is 2.72. The van der Waals surface area contributed by atoms with Gasteiger partial charge in [-0.2, -0.15) is 30.7 Å². The molecule has 0 aliphatic heterocycles. The van der Waals surface area contributed by atoms with Crippen LogP contribution in [0.2, 0.25) is 0 Å². The molecule has 0 aromatic carbocycles. The van der Waals surface area contributed by atoms with Gasteiger partial charge in [-0.3, -0.25) is 0 Å². The van der Waals surface area contributed by atoms with Crippen LogP contribution in [0.5, 0.6) is 0 Å². The molecule has 0 aliphatic rings. The zero-order valence-corrected chi connectivity index (χ0v) is 5.73. The van der Waals surface area contributed by atoms with Crippen molar-refractivity contribution in [2.24, 2.45) is 0 Å². The Balaban J connectivity index is 4.65. The van der Waals surface area contributed by atoms with Crippen LogP contribution in [0.1, 0.15) is 6.42 Å². The number of rotatable bonds is 1. The van der Waals surface area contributed by atoms with E-state index in [1.54, 1.807) is 0 Å². The molecule has 0 aromatic rings. The molecule has 0 saturated heterocycles. The SMILES string of the molecule is F/C(CC(F)(F)F)=C(\F)C(F)(F)F. The highest BCUT2D eigenvalue weighted by atomic mass is 19.4. The third-order valence-corrected chi connectivity index (χ3v) is 0.843. The van der Waals surface area contributed by atoms with Gasteiger partial charge in [0, 0.05) is 0 Å². The Morgan fingerprint density at radius 2 is 1.23 bits per heavy atom. The second kappa shape index (κ2) is 3.51. The first-order chi connectivity index (χ1) is 5.54. The van der Waals surface area contributed by atoms with Gasteiger partial charge in [0.25, 0.3) is 0 Å². The molecule has 78 valence electrons. The zero-order chi connectivity index (χ0) is 10.9. The smallest absolute Gasteiger partial charge is 0.208 e. The average molecular weight is 214 g/mol. The number of allylic oxidation sites excluding steroid dienone is 2. The van der Waals surface area contributed by atoms with E-state index in [9.17, 15) is 35.1 Å². The minimum atomic E-state index is -5.71. The summed E-state index contributed by atoms with van der Waals surface area (Å²) in [6, 6.07) is 0. The van der Waals surface area contributed by atoms with E-state index in [-0.39, 0.29) is 0 Å². The van der Waals surface area contributed by atoms with Crippen molar-refractivity contribution in [3.63, 3.8) is 0 Å². The van der Waals surface area contributed by atoms with Gasteiger partial charge in [0.2, 0.25) is 5.83 Å². The third kappa shape index (κ3) is 4.69. The number of hydrogen-bond acceptors (Lipinski definition) is 0. The molecule has 0 spiro atoms. The van der Waals surface area contributed by atoms with E-state index in [1.807, 2.05) is 0 Å². The Hall–Kier alpha value is -0.820. The monoisotopic (exact) mass is 214 g/mol. The van der Waals surface area contributed by atoms with Crippen LogP contribution in [-0.4, -0.2) is 12.4 Å². The van der Waals surface area contributed by atoms with Crippen molar-refractivity contribution in [2.45, 2.75) is 18.8 Å². The number of halogens is 8. The van der Waals surface area contributed by atoms with Crippen molar-refractivity contribution in [2.75, 3.05) is 0 Å². The number of alkyl halides is 6. The van der Waals surface area contributed by atoms with Crippen molar-refractivity contribution in [3.8, 4) is 0 Å². The Labute approximate surface area is 66.8 Å². The Bertz CT molecular complexity index is 206. The molecule has 8 heteroatoms. The normalized spacial score (nSPS) is 15.7. The topological polar surface area (TPSA) is 0 Å². The summed E-state index contributed by atoms with van der Waals surface area (Å²) < 4.78 is 91.0. The molecular formula is C5H2F8. The van der Waals surface area contributed by atoms with E-state index in [0.717, 1.165) is 0 Å². The molecule has 0 bridgehead atoms. The van der Waals surface area contributed by atoms with Crippen LogP contribution in [0.3, 0.4) is 0 Å². The summed E-state index contributed by atoms with van der Waals surface area (Å²) >= 11 is 0. The summed E-state index contributed by atoms with van der Waals surface area (Å²) in [6.45, 7) is 0. The molecule has 0 N–H and O–H groups in total. The molecule has 0 aromatic heterocycles. The summed E-state index contributed by atoms with van der Waals surface area (Å²) in [5.74, 6) is -6.20. The molecule has 0 saturated carbocycles. The van der Waals surface area contributed by atoms with E-state index < -0.39 is 30.4 Å². The lowest BCUT2D eigenvalue weighted by Gasteiger charge is -2.07. The highest BCUT2D eigenvalue weighted by molar-refractivity contribution is 5.06. The van der Waals surface area contributed by atoms with E-state index in [4.69, 9.17) is 0 Å². The largest absolute Gasteiger partial charge is 0.445 e. The Morgan fingerprint density at radius 3 is 1.46 bits per heavy atom. The molecule has 13 heavy (non-hydrogen) atoms. The van der Waals surface area contributed by atoms with Crippen molar-refractivity contribution in [1.29, 1.82) is 0 Å². The van der Waals surface area contributed by atoms with Gasteiger partial charge in [-0.1, -0.05) is 0 Å². The average Bonchev–Trinajstić information content (AvgIpc) is 1.79. The van der Waals surface area contributed by atoms with E-state index in [0.29, 0.717) is 0 Å². The predicted octanol–water partition coefficient (Wildman–Crippen LogP) is 3.65. The van der Waals surface area contributed by atoms with Crippen LogP contribution in [0.4, 0.5) is 35.1 Å². The number of hydrogen-bond donors (Lipinski definition) is 0. The Kier molecular flexibility index (Phi) is 3.28. The van der Waals surface area contributed by atoms with Crippen molar-refractivity contribution >= 4 is 0 Å². The summed E-state index contributed by atoms with van der Waals surface area (Å²) in [6.07, 6.45) is -13.5. The van der Waals surface area contributed by atoms with Gasteiger partial charge < -0.3 is 0 Å². The molecule has 0 rings (SSSR count). The molecule has 0 amide bonds. The van der Waals surface area contributed by atoms with Gasteiger partial charge in [-0.15, -0.1) is 0 Å². The fourth-order valence-corrected chi connectivity index (χ4v) is 0.407. The summed E-state index contributed by atoms with van der Waals surface area (Å²) in [7, 11) is 0. The maximum atomic E-state index is 11.9. The molecule has 0 atom stereocenters. The van der Waals surface area contributed by atoms with Crippen LogP contribution in [-0.2, 0) is 0 Å². The van der Waals surface area contributed by atoms with Crippen LogP contribution >= 0.6 is 0 Å². The van der Waals surface area contributed by atoms with Crippen molar-refractivity contribution in [1.82, 2.24) is 0 Å². The van der Waals surface area contributed by atoms with Gasteiger partial charge in [0.05, 0.1) is 6.42 Å². The highest BCUT2D eigenvalue weighted by Crippen LogP contribution is 2.34. The van der Waals surface area contributed by atoms with Gasteiger partial charge in [0.15, 0.2) is 0 Å². The van der Waals surface area contributed by atoms with Crippen molar-refractivity contribution < 1.29 is 35.1 Å². The standard InChI is InChI=1S/C5H2F8/c6-2(1-4(8,9)10)3(7)5(11,12)13/h1H2/b3-2-. The minimum Gasteiger partial charge on any atom is -0.208 e. The first-order valence-corrected chi connectivity index (χ1v) is 2.72. The predicted molar refractivity (Wildman–Crippen MR) is 26.0 cm³/mol. The summed E-state index contributed by atoms with van der Waals surface area (Å²) in [5, 5.41) is 0. The lowest BCUT2D eigenvalue weighted by molar-refractivity contribution is -0.135. The summed E-state index contributed by atoms with van der Waals surface area (Å²) in [5.41, 5.74) is 0. The molecule has 0 aliphatic carbocycles. The van der Waals surface area contributed by atoms with E-state index in [2.05, 4.69) is 0 Å². The van der Waals surface area contributed by atoms with Gasteiger partial charge in [-0.05, 0) is 0 Å². The van der Waals surface area contributed by atoms with E-state index >= 15 is 0 Å². The molecule has 0 nitrogen and oxygen atoms in total. The second-order valence-electron chi connectivity index (χ2n) is 2.01.